The quantitative estimate of drug-likeness (QED) is 0.752. The predicted octanol–water partition coefficient (Wildman–Crippen LogP) is 2.46. The number of hydrogen-bond donors (Lipinski definition) is 0. The lowest BCUT2D eigenvalue weighted by Gasteiger charge is -2.44. The van der Waals surface area contributed by atoms with Crippen LogP contribution >= 0.6 is 0 Å². The van der Waals surface area contributed by atoms with Crippen LogP contribution in [-0.2, 0) is 19.1 Å². The summed E-state index contributed by atoms with van der Waals surface area (Å²) in [6, 6.07) is 0.0548. The smallest absolute Gasteiger partial charge is 0.228 e. The fourth-order valence-corrected chi connectivity index (χ4v) is 4.98. The summed E-state index contributed by atoms with van der Waals surface area (Å²) in [5, 5.41) is 0. The second kappa shape index (κ2) is 9.37. The van der Waals surface area contributed by atoms with Crippen LogP contribution in [0.2, 0.25) is 0 Å². The van der Waals surface area contributed by atoms with Gasteiger partial charge in [0.15, 0.2) is 0 Å². The second-order valence-electron chi connectivity index (χ2n) is 8.30. The molecule has 0 radical (unpaired) electrons. The largest absolute Gasteiger partial charge is 0.377 e. The number of rotatable bonds is 4. The van der Waals surface area contributed by atoms with Crippen molar-refractivity contribution in [1.82, 2.24) is 9.80 Å². The Morgan fingerprint density at radius 3 is 1.96 bits per heavy atom. The Morgan fingerprint density at radius 1 is 0.889 bits per heavy atom. The van der Waals surface area contributed by atoms with Gasteiger partial charge in [-0.3, -0.25) is 9.59 Å². The molecule has 0 bridgehead atoms. The summed E-state index contributed by atoms with van der Waals surface area (Å²) in [5.74, 6) is 0.389. The van der Waals surface area contributed by atoms with Crippen molar-refractivity contribution < 1.29 is 19.1 Å². The van der Waals surface area contributed by atoms with Crippen LogP contribution in [0.4, 0.5) is 0 Å². The van der Waals surface area contributed by atoms with Crippen LogP contribution in [0.1, 0.15) is 59.3 Å². The molecule has 2 amide bonds. The van der Waals surface area contributed by atoms with Gasteiger partial charge >= 0.3 is 0 Å². The molecule has 27 heavy (non-hydrogen) atoms. The molecule has 154 valence electrons. The summed E-state index contributed by atoms with van der Waals surface area (Å²) in [6.45, 7) is 9.66. The van der Waals surface area contributed by atoms with Crippen molar-refractivity contribution in [1.29, 1.82) is 0 Å². The number of ether oxygens (including phenoxy) is 2. The minimum Gasteiger partial charge on any atom is -0.377 e. The molecule has 3 fully saturated rings. The lowest BCUT2D eigenvalue weighted by molar-refractivity contribution is -0.156. The summed E-state index contributed by atoms with van der Waals surface area (Å²) in [6.07, 6.45) is 5.60. The molecule has 3 aliphatic rings. The first kappa shape index (κ1) is 20.6. The second-order valence-corrected chi connectivity index (χ2v) is 8.30. The Balaban J connectivity index is 1.60. The molecule has 3 rings (SSSR count). The van der Waals surface area contributed by atoms with Crippen molar-refractivity contribution in [3.63, 3.8) is 0 Å². The fraction of sp³-hybridized carbons (Fsp3) is 0.905. The van der Waals surface area contributed by atoms with E-state index in [1.807, 2.05) is 9.80 Å². The topological polar surface area (TPSA) is 59.1 Å². The average molecular weight is 381 g/mol. The molecule has 3 aliphatic heterocycles. The van der Waals surface area contributed by atoms with Crippen LogP contribution in [0.3, 0.4) is 0 Å². The van der Waals surface area contributed by atoms with Gasteiger partial charge in [-0.15, -0.1) is 0 Å². The van der Waals surface area contributed by atoms with E-state index in [2.05, 4.69) is 20.8 Å². The minimum atomic E-state index is -0.0235. The van der Waals surface area contributed by atoms with Gasteiger partial charge in [-0.2, -0.15) is 0 Å². The lowest BCUT2D eigenvalue weighted by atomic mass is 9.89. The summed E-state index contributed by atoms with van der Waals surface area (Å²) >= 11 is 0. The van der Waals surface area contributed by atoms with Gasteiger partial charge in [0.2, 0.25) is 11.8 Å². The highest BCUT2D eigenvalue weighted by Crippen LogP contribution is 2.29. The van der Waals surface area contributed by atoms with E-state index in [-0.39, 0.29) is 41.9 Å². The van der Waals surface area contributed by atoms with Crippen LogP contribution in [0.25, 0.3) is 0 Å². The zero-order valence-corrected chi connectivity index (χ0v) is 17.2. The highest BCUT2D eigenvalue weighted by Gasteiger charge is 2.40. The highest BCUT2D eigenvalue weighted by atomic mass is 16.5. The van der Waals surface area contributed by atoms with Gasteiger partial charge in [-0.05, 0) is 45.4 Å². The molecule has 3 saturated heterocycles. The van der Waals surface area contributed by atoms with Gasteiger partial charge in [0.05, 0.1) is 24.0 Å². The third kappa shape index (κ3) is 4.48. The maximum atomic E-state index is 13.1. The van der Waals surface area contributed by atoms with E-state index < -0.39 is 0 Å². The van der Waals surface area contributed by atoms with Crippen LogP contribution < -0.4 is 0 Å². The van der Waals surface area contributed by atoms with Gasteiger partial charge in [0, 0.05) is 38.9 Å². The average Bonchev–Trinajstić information content (AvgIpc) is 2.72. The van der Waals surface area contributed by atoms with Crippen molar-refractivity contribution in [2.75, 3.05) is 32.8 Å². The molecular formula is C21H36N2O4. The SMILES string of the molecule is CCC1OCCCC1C(=O)N1CCN(C(=O)C2CCCOC2CC)[C@@H](C)C1. The van der Waals surface area contributed by atoms with Gasteiger partial charge in [-0.1, -0.05) is 13.8 Å². The van der Waals surface area contributed by atoms with E-state index in [1.165, 1.54) is 0 Å². The normalized spacial score (nSPS) is 35.1. The molecule has 0 saturated carbocycles. The first-order valence-corrected chi connectivity index (χ1v) is 10.9. The lowest BCUT2D eigenvalue weighted by Crippen LogP contribution is -2.59. The van der Waals surface area contributed by atoms with Gasteiger partial charge in [0.25, 0.3) is 0 Å². The molecule has 0 spiro atoms. The molecule has 6 nitrogen and oxygen atoms in total. The monoisotopic (exact) mass is 380 g/mol. The number of amides is 2. The van der Waals surface area contributed by atoms with Crippen molar-refractivity contribution in [3.05, 3.63) is 0 Å². The van der Waals surface area contributed by atoms with Gasteiger partial charge in [-0.25, -0.2) is 0 Å². The highest BCUT2D eigenvalue weighted by molar-refractivity contribution is 5.82. The summed E-state index contributed by atoms with van der Waals surface area (Å²) < 4.78 is 11.6. The van der Waals surface area contributed by atoms with Crippen LogP contribution in [0, 0.1) is 11.8 Å². The molecule has 0 aromatic rings. The number of hydrogen-bond acceptors (Lipinski definition) is 4. The molecule has 6 heteroatoms. The maximum Gasteiger partial charge on any atom is 0.228 e. The minimum absolute atomic E-state index is 0.0191. The third-order valence-corrected chi connectivity index (χ3v) is 6.54. The van der Waals surface area contributed by atoms with Crippen LogP contribution in [-0.4, -0.2) is 72.7 Å². The fourth-order valence-electron chi connectivity index (χ4n) is 4.98. The maximum absolute atomic E-state index is 13.1. The van der Waals surface area contributed by atoms with E-state index in [0.29, 0.717) is 19.6 Å². The molecule has 5 atom stereocenters. The molecule has 0 aliphatic carbocycles. The van der Waals surface area contributed by atoms with E-state index in [9.17, 15) is 9.59 Å². The van der Waals surface area contributed by atoms with E-state index in [1.54, 1.807) is 0 Å². The molecule has 3 heterocycles. The summed E-state index contributed by atoms with van der Waals surface area (Å²) in [5.41, 5.74) is 0. The van der Waals surface area contributed by atoms with Crippen molar-refractivity contribution >= 4 is 11.8 Å². The molecular weight excluding hydrogens is 344 g/mol. The third-order valence-electron chi connectivity index (χ3n) is 6.54. The molecule has 0 aromatic heterocycles. The Hall–Kier alpha value is -1.14. The Labute approximate surface area is 163 Å². The number of carbonyl (C=O) groups is 2. The number of nitrogens with zero attached hydrogens (tertiary/aromatic N) is 2. The number of piperazine rings is 1. The standard InChI is InChI=1S/C21H36N2O4/c1-4-18-16(8-6-12-26-18)20(24)22-10-11-23(15(3)14-22)21(25)17-9-7-13-27-19(17)5-2/h15-19H,4-14H2,1-3H3/t15-,16?,17?,18?,19?/m0/s1. The summed E-state index contributed by atoms with van der Waals surface area (Å²) in [4.78, 5) is 30.1. The van der Waals surface area contributed by atoms with E-state index in [0.717, 1.165) is 51.7 Å². The molecule has 0 aromatic carbocycles. The Morgan fingerprint density at radius 2 is 1.44 bits per heavy atom. The Kier molecular flexibility index (Phi) is 7.15. The van der Waals surface area contributed by atoms with Crippen LogP contribution in [0.5, 0.6) is 0 Å². The Bertz CT molecular complexity index is 526. The van der Waals surface area contributed by atoms with Crippen molar-refractivity contribution in [2.24, 2.45) is 11.8 Å². The zero-order valence-electron chi connectivity index (χ0n) is 17.2. The summed E-state index contributed by atoms with van der Waals surface area (Å²) in [7, 11) is 0. The van der Waals surface area contributed by atoms with Gasteiger partial charge in [0.1, 0.15) is 0 Å². The predicted molar refractivity (Wildman–Crippen MR) is 103 cm³/mol. The van der Waals surface area contributed by atoms with E-state index in [4.69, 9.17) is 9.47 Å². The van der Waals surface area contributed by atoms with Crippen molar-refractivity contribution in [3.8, 4) is 0 Å². The van der Waals surface area contributed by atoms with Crippen molar-refractivity contribution in [2.45, 2.75) is 77.5 Å². The van der Waals surface area contributed by atoms with Gasteiger partial charge < -0.3 is 19.3 Å². The first-order chi connectivity index (χ1) is 13.1. The molecule has 4 unspecified atom stereocenters. The first-order valence-electron chi connectivity index (χ1n) is 10.9. The molecule has 0 N–H and O–H groups in total. The van der Waals surface area contributed by atoms with Crippen LogP contribution in [0.15, 0.2) is 0 Å². The number of carbonyl (C=O) groups excluding carboxylic acids is 2. The van der Waals surface area contributed by atoms with E-state index >= 15 is 0 Å². The zero-order chi connectivity index (χ0) is 19.4.